The Morgan fingerprint density at radius 3 is 1.86 bits per heavy atom. The molecule has 0 saturated heterocycles. The zero-order valence-electron chi connectivity index (χ0n) is 17.8. The molecule has 1 aliphatic carbocycles. The van der Waals surface area contributed by atoms with Gasteiger partial charge in [-0.3, -0.25) is 13.8 Å². The molecule has 0 spiro atoms. The summed E-state index contributed by atoms with van der Waals surface area (Å²) in [5.41, 5.74) is 0.329. The summed E-state index contributed by atoms with van der Waals surface area (Å²) in [6, 6.07) is 3.19. The van der Waals surface area contributed by atoms with Crippen molar-refractivity contribution in [3.63, 3.8) is 0 Å². The van der Waals surface area contributed by atoms with Gasteiger partial charge in [-0.15, -0.1) is 0 Å². The lowest BCUT2D eigenvalue weighted by Crippen LogP contribution is -2.22. The van der Waals surface area contributed by atoms with Crippen LogP contribution in [0.15, 0.2) is 23.1 Å². The SMILES string of the molecule is CCCCCCCCCCCS(=O)C1=CC(=O)c2c(OC)ccc(OC)c2C1=O. The minimum Gasteiger partial charge on any atom is -0.496 e. The van der Waals surface area contributed by atoms with Crippen molar-refractivity contribution in [1.82, 2.24) is 0 Å². The van der Waals surface area contributed by atoms with E-state index in [2.05, 4.69) is 6.92 Å². The Balaban J connectivity index is 1.93. The quantitative estimate of drug-likeness (QED) is 0.408. The highest BCUT2D eigenvalue weighted by atomic mass is 32.2. The van der Waals surface area contributed by atoms with Gasteiger partial charge in [0.1, 0.15) is 11.5 Å². The van der Waals surface area contributed by atoms with E-state index in [4.69, 9.17) is 9.47 Å². The molecular weight excluding hydrogens is 388 g/mol. The summed E-state index contributed by atoms with van der Waals surface area (Å²) in [6.07, 6.45) is 11.7. The average Bonchev–Trinajstić information content (AvgIpc) is 2.73. The fourth-order valence-electron chi connectivity index (χ4n) is 3.58. The minimum atomic E-state index is -1.50. The Morgan fingerprint density at radius 1 is 0.793 bits per heavy atom. The van der Waals surface area contributed by atoms with Gasteiger partial charge in [-0.2, -0.15) is 0 Å². The number of ketones is 2. The number of allylic oxidation sites excluding steroid dienone is 2. The van der Waals surface area contributed by atoms with Crippen LogP contribution in [0, 0.1) is 0 Å². The first kappa shape index (κ1) is 23.3. The van der Waals surface area contributed by atoms with Crippen LogP contribution in [0.3, 0.4) is 0 Å². The molecule has 0 aliphatic heterocycles. The molecule has 0 aromatic heterocycles. The van der Waals surface area contributed by atoms with Gasteiger partial charge in [-0.25, -0.2) is 0 Å². The molecule has 160 valence electrons. The molecule has 1 aromatic carbocycles. The van der Waals surface area contributed by atoms with Gasteiger partial charge in [0.15, 0.2) is 5.78 Å². The second-order valence-electron chi connectivity index (χ2n) is 7.30. The normalized spacial score (nSPS) is 14.4. The summed E-state index contributed by atoms with van der Waals surface area (Å²) in [5.74, 6) is 0.224. The lowest BCUT2D eigenvalue weighted by atomic mass is 9.93. The molecule has 6 heteroatoms. The zero-order chi connectivity index (χ0) is 21.2. The predicted molar refractivity (Wildman–Crippen MR) is 117 cm³/mol. The molecule has 0 saturated carbocycles. The van der Waals surface area contributed by atoms with Crippen molar-refractivity contribution in [2.75, 3.05) is 20.0 Å². The third-order valence-corrected chi connectivity index (χ3v) is 6.66. The first-order chi connectivity index (χ1) is 14.0. The van der Waals surface area contributed by atoms with Gasteiger partial charge in [-0.05, 0) is 18.6 Å². The molecule has 0 N–H and O–H groups in total. The summed E-state index contributed by atoms with van der Waals surface area (Å²) in [6.45, 7) is 2.21. The topological polar surface area (TPSA) is 69.7 Å². The smallest absolute Gasteiger partial charge is 0.206 e. The standard InChI is InChI=1S/C23H32O5S/c1-4-5-6-7-8-9-10-11-12-15-29(26)20-16-17(24)21-18(27-2)13-14-19(28-3)22(21)23(20)25/h13-14,16H,4-12,15H2,1-3H3. The van der Waals surface area contributed by atoms with E-state index in [1.807, 2.05) is 0 Å². The van der Waals surface area contributed by atoms with Crippen LogP contribution in [0.2, 0.25) is 0 Å². The van der Waals surface area contributed by atoms with E-state index in [0.29, 0.717) is 17.3 Å². The lowest BCUT2D eigenvalue weighted by molar-refractivity contribution is 0.0985. The highest BCUT2D eigenvalue weighted by Gasteiger charge is 2.34. The molecule has 0 radical (unpaired) electrons. The van der Waals surface area contributed by atoms with Crippen molar-refractivity contribution in [2.45, 2.75) is 64.7 Å². The number of methoxy groups -OCH3 is 2. The third-order valence-electron chi connectivity index (χ3n) is 5.21. The van der Waals surface area contributed by atoms with Crippen LogP contribution in [-0.2, 0) is 10.8 Å². The Bertz CT molecular complexity index is 782. The molecule has 0 bridgehead atoms. The van der Waals surface area contributed by atoms with Crippen LogP contribution in [0.1, 0.15) is 85.4 Å². The van der Waals surface area contributed by atoms with Crippen molar-refractivity contribution in [2.24, 2.45) is 0 Å². The summed E-state index contributed by atoms with van der Waals surface area (Å²) in [7, 11) is 1.39. The number of fused-ring (bicyclic) bond motifs is 1. The summed E-state index contributed by atoms with van der Waals surface area (Å²) >= 11 is 0. The van der Waals surface area contributed by atoms with Gasteiger partial charge in [0, 0.05) is 11.8 Å². The summed E-state index contributed by atoms with van der Waals surface area (Å²) in [5, 5.41) is 0. The number of benzene rings is 1. The molecule has 1 aromatic rings. The molecule has 5 nitrogen and oxygen atoms in total. The fraction of sp³-hybridized carbons (Fsp3) is 0.565. The van der Waals surface area contributed by atoms with Gasteiger partial charge >= 0.3 is 0 Å². The molecule has 0 fully saturated rings. The minimum absolute atomic E-state index is 0.0635. The fourth-order valence-corrected chi connectivity index (χ4v) is 4.81. The van der Waals surface area contributed by atoms with Crippen LogP contribution in [0.25, 0.3) is 0 Å². The Morgan fingerprint density at radius 2 is 1.31 bits per heavy atom. The second kappa shape index (κ2) is 11.9. The number of rotatable bonds is 13. The first-order valence-corrected chi connectivity index (χ1v) is 11.8. The monoisotopic (exact) mass is 420 g/mol. The Labute approximate surface area is 176 Å². The number of carbonyl (C=O) groups is 2. The van der Waals surface area contributed by atoms with Crippen molar-refractivity contribution in [1.29, 1.82) is 0 Å². The number of Topliss-reactive ketones (excluding diaryl/α,β-unsaturated/α-hetero) is 1. The highest BCUT2D eigenvalue weighted by Crippen LogP contribution is 2.36. The maximum Gasteiger partial charge on any atom is 0.206 e. The highest BCUT2D eigenvalue weighted by molar-refractivity contribution is 7.90. The maximum atomic E-state index is 13.0. The lowest BCUT2D eigenvalue weighted by Gasteiger charge is -2.19. The molecular formula is C23H32O5S. The Hall–Kier alpha value is -1.95. The van der Waals surface area contributed by atoms with E-state index in [1.165, 1.54) is 58.8 Å². The summed E-state index contributed by atoms with van der Waals surface area (Å²) < 4.78 is 23.2. The van der Waals surface area contributed by atoms with E-state index in [9.17, 15) is 13.8 Å². The van der Waals surface area contributed by atoms with Crippen LogP contribution in [0.5, 0.6) is 11.5 Å². The first-order valence-electron chi connectivity index (χ1n) is 10.5. The zero-order valence-corrected chi connectivity index (χ0v) is 18.6. The van der Waals surface area contributed by atoms with Crippen molar-refractivity contribution in [3.05, 3.63) is 34.2 Å². The van der Waals surface area contributed by atoms with E-state index in [1.54, 1.807) is 12.1 Å². The number of hydrogen-bond donors (Lipinski definition) is 0. The Kier molecular flexibility index (Phi) is 9.58. The van der Waals surface area contributed by atoms with Gasteiger partial charge in [0.2, 0.25) is 5.78 Å². The predicted octanol–water partition coefficient (Wildman–Crippen LogP) is 5.25. The third kappa shape index (κ3) is 6.01. The molecule has 1 unspecified atom stereocenters. The van der Waals surface area contributed by atoms with Crippen LogP contribution in [-0.4, -0.2) is 35.7 Å². The van der Waals surface area contributed by atoms with E-state index >= 15 is 0 Å². The van der Waals surface area contributed by atoms with E-state index in [-0.39, 0.29) is 21.8 Å². The van der Waals surface area contributed by atoms with Crippen molar-refractivity contribution in [3.8, 4) is 11.5 Å². The molecule has 1 atom stereocenters. The van der Waals surface area contributed by atoms with Gasteiger partial charge in [0.25, 0.3) is 0 Å². The second-order valence-corrected chi connectivity index (χ2v) is 8.84. The van der Waals surface area contributed by atoms with Crippen LogP contribution in [0.4, 0.5) is 0 Å². The molecule has 1 aliphatic rings. The summed E-state index contributed by atoms with van der Waals surface area (Å²) in [4.78, 5) is 25.6. The van der Waals surface area contributed by atoms with Gasteiger partial charge in [0.05, 0.1) is 41.1 Å². The van der Waals surface area contributed by atoms with Crippen LogP contribution >= 0.6 is 0 Å². The van der Waals surface area contributed by atoms with Gasteiger partial charge in [-0.1, -0.05) is 58.3 Å². The van der Waals surface area contributed by atoms with E-state index < -0.39 is 16.6 Å². The number of carbonyl (C=O) groups excluding carboxylic acids is 2. The molecule has 0 heterocycles. The molecule has 2 rings (SSSR count). The van der Waals surface area contributed by atoms with Gasteiger partial charge < -0.3 is 9.47 Å². The van der Waals surface area contributed by atoms with Crippen molar-refractivity contribution < 1.29 is 23.3 Å². The molecule has 0 amide bonds. The largest absolute Gasteiger partial charge is 0.496 e. The maximum absolute atomic E-state index is 13.0. The number of ether oxygens (including phenoxy) is 2. The number of hydrogen-bond acceptors (Lipinski definition) is 5. The van der Waals surface area contributed by atoms with E-state index in [0.717, 1.165) is 19.3 Å². The van der Waals surface area contributed by atoms with Crippen LogP contribution < -0.4 is 9.47 Å². The van der Waals surface area contributed by atoms with Crippen molar-refractivity contribution >= 4 is 22.4 Å². The molecule has 29 heavy (non-hydrogen) atoms. The average molecular weight is 421 g/mol. The number of unbranched alkanes of at least 4 members (excludes halogenated alkanes) is 8.